The van der Waals surface area contributed by atoms with Crippen LogP contribution in [0.15, 0.2) is 24.3 Å². The van der Waals surface area contributed by atoms with Crippen LogP contribution < -0.4 is 9.47 Å². The predicted molar refractivity (Wildman–Crippen MR) is 85.3 cm³/mol. The van der Waals surface area contributed by atoms with Crippen LogP contribution in [-0.4, -0.2) is 35.9 Å². The van der Waals surface area contributed by atoms with Gasteiger partial charge in [0, 0.05) is 25.6 Å². The second-order valence-corrected chi connectivity index (χ2v) is 6.17. The molecule has 0 fully saturated rings. The van der Waals surface area contributed by atoms with E-state index in [1.54, 1.807) is 26.4 Å². The molecule has 0 radical (unpaired) electrons. The van der Waals surface area contributed by atoms with Gasteiger partial charge in [0.05, 0.1) is 14.2 Å². The number of rotatable bonds is 2. The summed E-state index contributed by atoms with van der Waals surface area (Å²) in [6, 6.07) is 7.43. The van der Waals surface area contributed by atoms with Gasteiger partial charge in [-0.3, -0.25) is 4.90 Å². The lowest BCUT2D eigenvalue weighted by Gasteiger charge is -2.40. The van der Waals surface area contributed by atoms with Gasteiger partial charge in [-0.1, -0.05) is 0 Å². The number of benzene rings is 2. The average Bonchev–Trinajstić information content (AvgIpc) is 2.55. The Kier molecular flexibility index (Phi) is 3.13. The van der Waals surface area contributed by atoms with Gasteiger partial charge in [0.25, 0.3) is 0 Å². The van der Waals surface area contributed by atoms with Crippen molar-refractivity contribution < 1.29 is 19.7 Å². The van der Waals surface area contributed by atoms with Crippen molar-refractivity contribution in [1.82, 2.24) is 4.90 Å². The van der Waals surface area contributed by atoms with E-state index in [1.165, 1.54) is 0 Å². The van der Waals surface area contributed by atoms with Gasteiger partial charge in [0.15, 0.2) is 23.0 Å². The highest BCUT2D eigenvalue weighted by atomic mass is 16.5. The molecule has 2 aliphatic heterocycles. The third-order valence-corrected chi connectivity index (χ3v) is 4.86. The molecule has 2 N–H and O–H groups in total. The molecule has 0 atom stereocenters. The second-order valence-electron chi connectivity index (χ2n) is 6.17. The van der Waals surface area contributed by atoms with Crippen LogP contribution in [0.4, 0.5) is 0 Å². The normalized spacial score (nSPS) is 21.3. The van der Waals surface area contributed by atoms with E-state index in [9.17, 15) is 10.2 Å². The molecule has 2 aromatic carbocycles. The molecule has 0 aliphatic carbocycles. The minimum Gasteiger partial charge on any atom is -0.504 e. The van der Waals surface area contributed by atoms with Gasteiger partial charge in [-0.2, -0.15) is 0 Å². The summed E-state index contributed by atoms with van der Waals surface area (Å²) in [6.07, 6.45) is 0. The number of methoxy groups -OCH3 is 2. The molecule has 5 nitrogen and oxygen atoms in total. The van der Waals surface area contributed by atoms with Crippen LogP contribution in [0.25, 0.3) is 0 Å². The van der Waals surface area contributed by atoms with Gasteiger partial charge < -0.3 is 19.7 Å². The minimum atomic E-state index is 0.135. The van der Waals surface area contributed by atoms with Gasteiger partial charge in [0.1, 0.15) is 0 Å². The highest BCUT2D eigenvalue weighted by Crippen LogP contribution is 2.45. The maximum absolute atomic E-state index is 10.1. The third-order valence-electron chi connectivity index (χ3n) is 4.86. The molecule has 4 rings (SSSR count). The molecule has 2 aromatic rings. The van der Waals surface area contributed by atoms with Gasteiger partial charge in [0.2, 0.25) is 0 Å². The molecule has 2 heterocycles. The summed E-state index contributed by atoms with van der Waals surface area (Å²) < 4.78 is 10.5. The van der Waals surface area contributed by atoms with Crippen LogP contribution in [-0.2, 0) is 13.1 Å². The molecule has 2 bridgehead atoms. The van der Waals surface area contributed by atoms with E-state index in [1.807, 2.05) is 12.1 Å². The predicted octanol–water partition coefficient (Wildman–Crippen LogP) is 2.58. The van der Waals surface area contributed by atoms with Crippen molar-refractivity contribution in [1.29, 1.82) is 0 Å². The smallest absolute Gasteiger partial charge is 0.160 e. The Balaban J connectivity index is 1.87. The summed E-state index contributed by atoms with van der Waals surface area (Å²) in [5, 5.41) is 20.3. The number of ether oxygens (including phenoxy) is 2. The van der Waals surface area contributed by atoms with Gasteiger partial charge in [-0.15, -0.1) is 0 Å². The zero-order valence-corrected chi connectivity index (χ0v) is 13.2. The molecule has 0 saturated heterocycles. The van der Waals surface area contributed by atoms with Crippen molar-refractivity contribution in [3.63, 3.8) is 0 Å². The van der Waals surface area contributed by atoms with Crippen LogP contribution in [0.1, 0.15) is 28.2 Å². The largest absolute Gasteiger partial charge is 0.504 e. The van der Waals surface area contributed by atoms with Gasteiger partial charge in [-0.05, 0) is 46.5 Å². The molecule has 0 spiro atoms. The van der Waals surface area contributed by atoms with Crippen molar-refractivity contribution in [3.8, 4) is 23.0 Å². The van der Waals surface area contributed by atoms with Crippen molar-refractivity contribution in [2.24, 2.45) is 0 Å². The molecule has 0 aromatic heterocycles. The van der Waals surface area contributed by atoms with E-state index in [0.29, 0.717) is 11.5 Å². The Labute approximate surface area is 134 Å². The van der Waals surface area contributed by atoms with Crippen LogP contribution in [0.2, 0.25) is 0 Å². The van der Waals surface area contributed by atoms with E-state index in [2.05, 4.69) is 4.90 Å². The Bertz CT molecular complexity index is 724. The quantitative estimate of drug-likeness (QED) is 0.892. The summed E-state index contributed by atoms with van der Waals surface area (Å²) >= 11 is 0. The highest BCUT2D eigenvalue weighted by molar-refractivity contribution is 5.56. The van der Waals surface area contributed by atoms with Gasteiger partial charge in [-0.25, -0.2) is 0 Å². The molecule has 0 unspecified atom stereocenters. The fraction of sp³-hybridized carbons (Fsp3) is 0.333. The number of phenols is 2. The Morgan fingerprint density at radius 1 is 0.870 bits per heavy atom. The lowest BCUT2D eigenvalue weighted by molar-refractivity contribution is 0.213. The van der Waals surface area contributed by atoms with Crippen molar-refractivity contribution >= 4 is 0 Å². The molecular weight excluding hydrogens is 294 g/mol. The first-order valence-electron chi connectivity index (χ1n) is 7.62. The highest BCUT2D eigenvalue weighted by Gasteiger charge is 2.34. The SMILES string of the molecule is COc1cc2c(cc1O)C1CN(C2)Cc2cc(OC)c(O)cc21. The number of phenolic OH excluding ortho intramolecular Hbond substituents is 2. The Morgan fingerprint density at radius 3 is 1.78 bits per heavy atom. The summed E-state index contributed by atoms with van der Waals surface area (Å²) in [5.41, 5.74) is 4.53. The van der Waals surface area contributed by atoms with Crippen LogP contribution in [0.3, 0.4) is 0 Å². The number of aromatic hydroxyl groups is 2. The molecule has 0 saturated carbocycles. The molecule has 120 valence electrons. The number of fused-ring (bicyclic) bond motifs is 6. The zero-order valence-electron chi connectivity index (χ0n) is 13.2. The number of nitrogens with zero attached hydrogens (tertiary/aromatic N) is 1. The van der Waals surface area contributed by atoms with E-state index in [0.717, 1.165) is 41.9 Å². The summed E-state index contributed by atoms with van der Waals surface area (Å²) in [5.74, 6) is 1.45. The Hall–Kier alpha value is -2.40. The summed E-state index contributed by atoms with van der Waals surface area (Å²) in [7, 11) is 3.12. The lowest BCUT2D eigenvalue weighted by atomic mass is 9.79. The first kappa shape index (κ1) is 14.2. The standard InChI is InChI=1S/C18H19NO4/c1-22-17-3-10-7-19-8-11-4-18(23-2)16(21)6-13(11)14(9-19)12(10)5-15(17)20/h3-6,14,20-21H,7-9H2,1-2H3. The van der Waals surface area contributed by atoms with E-state index in [-0.39, 0.29) is 17.4 Å². The average molecular weight is 313 g/mol. The first-order valence-corrected chi connectivity index (χ1v) is 7.62. The summed E-state index contributed by atoms with van der Waals surface area (Å²) in [6.45, 7) is 2.54. The maximum atomic E-state index is 10.1. The van der Waals surface area contributed by atoms with E-state index < -0.39 is 0 Å². The van der Waals surface area contributed by atoms with Crippen molar-refractivity contribution in [2.75, 3.05) is 20.8 Å². The van der Waals surface area contributed by atoms with Crippen molar-refractivity contribution in [3.05, 3.63) is 46.5 Å². The topological polar surface area (TPSA) is 62.2 Å². The van der Waals surface area contributed by atoms with E-state index >= 15 is 0 Å². The molecule has 2 aliphatic rings. The van der Waals surface area contributed by atoms with Crippen LogP contribution in [0.5, 0.6) is 23.0 Å². The number of hydrogen-bond donors (Lipinski definition) is 2. The molecule has 23 heavy (non-hydrogen) atoms. The monoisotopic (exact) mass is 313 g/mol. The molecule has 0 amide bonds. The Morgan fingerprint density at radius 2 is 1.35 bits per heavy atom. The van der Waals surface area contributed by atoms with Crippen molar-refractivity contribution in [2.45, 2.75) is 19.0 Å². The van der Waals surface area contributed by atoms with Crippen LogP contribution >= 0.6 is 0 Å². The van der Waals surface area contributed by atoms with E-state index in [4.69, 9.17) is 9.47 Å². The minimum absolute atomic E-state index is 0.135. The lowest BCUT2D eigenvalue weighted by Crippen LogP contribution is -2.38. The maximum Gasteiger partial charge on any atom is 0.160 e. The fourth-order valence-corrected chi connectivity index (χ4v) is 3.79. The summed E-state index contributed by atoms with van der Waals surface area (Å²) in [4.78, 5) is 2.36. The van der Waals surface area contributed by atoms with Crippen LogP contribution in [0, 0.1) is 0 Å². The number of hydrogen-bond acceptors (Lipinski definition) is 5. The second kappa shape index (κ2) is 5.06. The first-order chi connectivity index (χ1) is 11.1. The molecule has 5 heteroatoms. The molecular formula is C18H19NO4. The zero-order chi connectivity index (χ0) is 16.1. The third kappa shape index (κ3) is 2.11. The fourth-order valence-electron chi connectivity index (χ4n) is 3.79. The van der Waals surface area contributed by atoms with Gasteiger partial charge >= 0.3 is 0 Å².